The molecule has 1 atom stereocenters. The molecule has 3 saturated heterocycles. The number of hydrogen-bond donors (Lipinski definition) is 2. The molecular formula is C15H27N3O. The van der Waals surface area contributed by atoms with Gasteiger partial charge in [-0.25, -0.2) is 0 Å². The molecule has 19 heavy (non-hydrogen) atoms. The third-order valence-corrected chi connectivity index (χ3v) is 5.37. The summed E-state index contributed by atoms with van der Waals surface area (Å²) < 4.78 is 0. The Kier molecular flexibility index (Phi) is 4.08. The van der Waals surface area contributed by atoms with Crippen molar-refractivity contribution in [2.45, 2.75) is 57.0 Å². The minimum Gasteiger partial charge on any atom is -0.352 e. The Morgan fingerprint density at radius 1 is 1.11 bits per heavy atom. The fraction of sp³-hybridized carbons (Fsp3) is 0.933. The maximum atomic E-state index is 12.2. The van der Waals surface area contributed by atoms with E-state index in [0.29, 0.717) is 18.0 Å². The molecule has 0 spiro atoms. The number of carbonyl (C=O) groups is 1. The molecule has 1 unspecified atom stereocenters. The van der Waals surface area contributed by atoms with E-state index in [-0.39, 0.29) is 5.91 Å². The lowest BCUT2D eigenvalue weighted by Crippen LogP contribution is -2.57. The van der Waals surface area contributed by atoms with E-state index in [1.165, 1.54) is 25.9 Å². The molecule has 0 aromatic heterocycles. The molecule has 3 N–H and O–H groups in total. The molecule has 3 heterocycles. The van der Waals surface area contributed by atoms with Gasteiger partial charge in [0, 0.05) is 25.0 Å². The van der Waals surface area contributed by atoms with Crippen molar-refractivity contribution in [3.8, 4) is 0 Å². The highest BCUT2D eigenvalue weighted by Gasteiger charge is 2.35. The van der Waals surface area contributed by atoms with Gasteiger partial charge in [0.25, 0.3) is 0 Å². The Bertz CT molecular complexity index is 317. The van der Waals surface area contributed by atoms with E-state index in [1.807, 2.05) is 0 Å². The molecule has 4 rings (SSSR count). The van der Waals surface area contributed by atoms with Gasteiger partial charge in [-0.05, 0) is 63.5 Å². The van der Waals surface area contributed by atoms with Crippen LogP contribution in [0.2, 0.25) is 0 Å². The van der Waals surface area contributed by atoms with Gasteiger partial charge in [0.15, 0.2) is 0 Å². The molecule has 108 valence electrons. The quantitative estimate of drug-likeness (QED) is 0.803. The summed E-state index contributed by atoms with van der Waals surface area (Å²) >= 11 is 0. The standard InChI is InChI=1S/C15H27N3O/c16-13-3-1-11(2-4-13)9-15(19)17-14-10-18-7-5-12(14)6-8-18/h11-14H,1-10,16H2,(H,17,19). The Hall–Kier alpha value is -0.610. The number of nitrogens with one attached hydrogen (secondary N) is 1. The van der Waals surface area contributed by atoms with Gasteiger partial charge in [-0.2, -0.15) is 0 Å². The van der Waals surface area contributed by atoms with Gasteiger partial charge in [0.1, 0.15) is 0 Å². The fourth-order valence-corrected chi connectivity index (χ4v) is 4.05. The van der Waals surface area contributed by atoms with E-state index in [9.17, 15) is 4.79 Å². The lowest BCUT2D eigenvalue weighted by molar-refractivity contribution is -0.124. The molecule has 4 aliphatic rings. The van der Waals surface area contributed by atoms with Crippen LogP contribution >= 0.6 is 0 Å². The summed E-state index contributed by atoms with van der Waals surface area (Å²) in [6.07, 6.45) is 7.71. The molecule has 0 radical (unpaired) electrons. The first kappa shape index (κ1) is 13.4. The highest BCUT2D eigenvalue weighted by molar-refractivity contribution is 5.76. The fourth-order valence-electron chi connectivity index (χ4n) is 4.05. The number of amides is 1. The van der Waals surface area contributed by atoms with Crippen LogP contribution in [-0.4, -0.2) is 42.5 Å². The zero-order chi connectivity index (χ0) is 13.2. The monoisotopic (exact) mass is 265 g/mol. The van der Waals surface area contributed by atoms with E-state index in [0.717, 1.165) is 44.6 Å². The first-order valence-corrected chi connectivity index (χ1v) is 7.98. The average Bonchev–Trinajstić information content (AvgIpc) is 2.43. The van der Waals surface area contributed by atoms with Crippen molar-refractivity contribution in [3.05, 3.63) is 0 Å². The molecular weight excluding hydrogens is 238 g/mol. The first-order chi connectivity index (χ1) is 9.20. The maximum Gasteiger partial charge on any atom is 0.220 e. The molecule has 2 bridgehead atoms. The highest BCUT2D eigenvalue weighted by Crippen LogP contribution is 2.29. The third-order valence-electron chi connectivity index (χ3n) is 5.37. The number of nitrogens with zero attached hydrogens (tertiary/aromatic N) is 1. The predicted molar refractivity (Wildman–Crippen MR) is 75.6 cm³/mol. The van der Waals surface area contributed by atoms with Gasteiger partial charge in [-0.1, -0.05) is 0 Å². The summed E-state index contributed by atoms with van der Waals surface area (Å²) in [5.41, 5.74) is 5.91. The van der Waals surface area contributed by atoms with Gasteiger partial charge in [-0.3, -0.25) is 4.79 Å². The zero-order valence-electron chi connectivity index (χ0n) is 11.8. The Labute approximate surface area is 116 Å². The maximum absolute atomic E-state index is 12.2. The molecule has 0 aromatic rings. The topological polar surface area (TPSA) is 58.4 Å². The van der Waals surface area contributed by atoms with Crippen molar-refractivity contribution in [1.82, 2.24) is 10.2 Å². The molecule has 4 heteroatoms. The van der Waals surface area contributed by atoms with Crippen molar-refractivity contribution >= 4 is 5.91 Å². The zero-order valence-corrected chi connectivity index (χ0v) is 11.8. The van der Waals surface area contributed by atoms with Gasteiger partial charge in [0.2, 0.25) is 5.91 Å². The second-order valence-corrected chi connectivity index (χ2v) is 6.80. The second kappa shape index (κ2) is 5.80. The van der Waals surface area contributed by atoms with Crippen molar-refractivity contribution in [2.75, 3.05) is 19.6 Å². The summed E-state index contributed by atoms with van der Waals surface area (Å²) in [5, 5.41) is 3.30. The predicted octanol–water partition coefficient (Wildman–Crippen LogP) is 1.10. The van der Waals surface area contributed by atoms with Gasteiger partial charge in [-0.15, -0.1) is 0 Å². The van der Waals surface area contributed by atoms with E-state index in [2.05, 4.69) is 10.2 Å². The molecule has 4 nitrogen and oxygen atoms in total. The Morgan fingerprint density at radius 3 is 2.37 bits per heavy atom. The normalized spacial score (nSPS) is 42.1. The Balaban J connectivity index is 1.44. The molecule has 3 aliphatic heterocycles. The van der Waals surface area contributed by atoms with E-state index >= 15 is 0 Å². The van der Waals surface area contributed by atoms with E-state index < -0.39 is 0 Å². The van der Waals surface area contributed by atoms with Crippen LogP contribution in [0.5, 0.6) is 0 Å². The summed E-state index contributed by atoms with van der Waals surface area (Å²) in [7, 11) is 0. The van der Waals surface area contributed by atoms with Crippen molar-refractivity contribution < 1.29 is 4.79 Å². The average molecular weight is 265 g/mol. The van der Waals surface area contributed by atoms with Crippen molar-refractivity contribution in [2.24, 2.45) is 17.6 Å². The lowest BCUT2D eigenvalue weighted by atomic mass is 9.82. The molecule has 1 saturated carbocycles. The van der Waals surface area contributed by atoms with Gasteiger partial charge in [0.05, 0.1) is 0 Å². The third kappa shape index (κ3) is 3.29. The molecule has 1 amide bonds. The minimum absolute atomic E-state index is 0.277. The molecule has 0 aromatic carbocycles. The summed E-state index contributed by atoms with van der Waals surface area (Å²) in [6.45, 7) is 3.54. The number of carbonyl (C=O) groups excluding carboxylic acids is 1. The largest absolute Gasteiger partial charge is 0.352 e. The minimum atomic E-state index is 0.277. The number of nitrogens with two attached hydrogens (primary N) is 1. The van der Waals surface area contributed by atoms with Gasteiger partial charge >= 0.3 is 0 Å². The van der Waals surface area contributed by atoms with Crippen LogP contribution < -0.4 is 11.1 Å². The molecule has 4 fully saturated rings. The highest BCUT2D eigenvalue weighted by atomic mass is 16.1. The van der Waals surface area contributed by atoms with Crippen molar-refractivity contribution in [1.29, 1.82) is 0 Å². The lowest BCUT2D eigenvalue weighted by Gasteiger charge is -2.45. The number of fused-ring (bicyclic) bond motifs is 3. The van der Waals surface area contributed by atoms with E-state index in [1.54, 1.807) is 0 Å². The van der Waals surface area contributed by atoms with Crippen LogP contribution in [0.1, 0.15) is 44.9 Å². The number of piperidine rings is 3. The smallest absolute Gasteiger partial charge is 0.220 e. The summed E-state index contributed by atoms with van der Waals surface area (Å²) in [6, 6.07) is 0.794. The summed E-state index contributed by atoms with van der Waals surface area (Å²) in [4.78, 5) is 14.7. The Morgan fingerprint density at radius 2 is 1.79 bits per heavy atom. The van der Waals surface area contributed by atoms with Crippen LogP contribution in [0.3, 0.4) is 0 Å². The SMILES string of the molecule is NC1CCC(CC(=O)NC2CN3CCC2CC3)CC1. The van der Waals surface area contributed by atoms with Crippen molar-refractivity contribution in [3.63, 3.8) is 0 Å². The number of hydrogen-bond acceptors (Lipinski definition) is 3. The van der Waals surface area contributed by atoms with Crippen LogP contribution in [0.25, 0.3) is 0 Å². The second-order valence-electron chi connectivity index (χ2n) is 6.80. The van der Waals surface area contributed by atoms with Gasteiger partial charge < -0.3 is 16.0 Å². The first-order valence-electron chi connectivity index (χ1n) is 7.98. The van der Waals surface area contributed by atoms with Crippen LogP contribution in [0.4, 0.5) is 0 Å². The summed E-state index contributed by atoms with van der Waals surface area (Å²) in [5.74, 6) is 1.58. The number of rotatable bonds is 3. The van der Waals surface area contributed by atoms with Crippen LogP contribution in [-0.2, 0) is 4.79 Å². The molecule has 1 aliphatic carbocycles. The van der Waals surface area contributed by atoms with Crippen LogP contribution in [0, 0.1) is 11.8 Å². The van der Waals surface area contributed by atoms with E-state index in [4.69, 9.17) is 5.73 Å². The van der Waals surface area contributed by atoms with Crippen LogP contribution in [0.15, 0.2) is 0 Å².